The van der Waals surface area contributed by atoms with Crippen molar-refractivity contribution in [3.8, 4) is 11.3 Å². The standard InChI is InChI=1S/C9H7FN2S/c1-6-2-3-7(10)4-8(6)9-5-13-12-11-9/h2-5H,1H3. The zero-order chi connectivity index (χ0) is 9.26. The molecule has 0 bridgehead atoms. The number of nitrogens with zero attached hydrogens (tertiary/aromatic N) is 2. The monoisotopic (exact) mass is 194 g/mol. The molecule has 2 rings (SSSR count). The smallest absolute Gasteiger partial charge is 0.123 e. The van der Waals surface area contributed by atoms with Gasteiger partial charge in [-0.2, -0.15) is 0 Å². The minimum Gasteiger partial charge on any atom is -0.207 e. The molecule has 0 fully saturated rings. The Balaban J connectivity index is 2.57. The highest BCUT2D eigenvalue weighted by Crippen LogP contribution is 2.22. The Bertz CT molecular complexity index is 412. The quantitative estimate of drug-likeness (QED) is 0.697. The molecule has 0 spiro atoms. The summed E-state index contributed by atoms with van der Waals surface area (Å²) in [6.45, 7) is 1.92. The Morgan fingerprint density at radius 1 is 1.38 bits per heavy atom. The van der Waals surface area contributed by atoms with Crippen LogP contribution in [0.1, 0.15) is 5.56 Å². The van der Waals surface area contributed by atoms with Crippen molar-refractivity contribution < 1.29 is 4.39 Å². The molecule has 0 unspecified atom stereocenters. The molecule has 0 saturated heterocycles. The molecule has 0 aliphatic rings. The van der Waals surface area contributed by atoms with Crippen LogP contribution in [0.25, 0.3) is 11.3 Å². The van der Waals surface area contributed by atoms with Gasteiger partial charge >= 0.3 is 0 Å². The van der Waals surface area contributed by atoms with Crippen molar-refractivity contribution in [1.82, 2.24) is 9.59 Å². The lowest BCUT2D eigenvalue weighted by Crippen LogP contribution is -1.85. The van der Waals surface area contributed by atoms with E-state index >= 15 is 0 Å². The largest absolute Gasteiger partial charge is 0.207 e. The first-order chi connectivity index (χ1) is 6.27. The molecule has 0 aliphatic heterocycles. The number of hydrogen-bond donors (Lipinski definition) is 0. The average Bonchev–Trinajstić information content (AvgIpc) is 2.61. The van der Waals surface area contributed by atoms with Gasteiger partial charge in [-0.25, -0.2) is 4.39 Å². The highest BCUT2D eigenvalue weighted by Gasteiger charge is 2.05. The number of aryl methyl sites for hydroxylation is 1. The van der Waals surface area contributed by atoms with E-state index in [1.165, 1.54) is 23.7 Å². The Morgan fingerprint density at radius 2 is 2.23 bits per heavy atom. The van der Waals surface area contributed by atoms with Crippen LogP contribution in [0.15, 0.2) is 23.6 Å². The molecule has 0 amide bonds. The molecule has 13 heavy (non-hydrogen) atoms. The van der Waals surface area contributed by atoms with Crippen molar-refractivity contribution in [3.05, 3.63) is 35.0 Å². The first-order valence-corrected chi connectivity index (χ1v) is 4.64. The highest BCUT2D eigenvalue weighted by atomic mass is 32.1. The third kappa shape index (κ3) is 1.58. The predicted octanol–water partition coefficient (Wildman–Crippen LogP) is 2.65. The van der Waals surface area contributed by atoms with Crippen LogP contribution in [0, 0.1) is 12.7 Å². The van der Waals surface area contributed by atoms with E-state index in [1.54, 1.807) is 6.07 Å². The SMILES string of the molecule is Cc1ccc(F)cc1-c1csnn1. The van der Waals surface area contributed by atoms with Crippen LogP contribution in [0.2, 0.25) is 0 Å². The van der Waals surface area contributed by atoms with Gasteiger partial charge in [-0.3, -0.25) is 0 Å². The Kier molecular flexibility index (Phi) is 2.06. The van der Waals surface area contributed by atoms with E-state index in [-0.39, 0.29) is 5.82 Å². The van der Waals surface area contributed by atoms with Crippen molar-refractivity contribution in [2.45, 2.75) is 6.92 Å². The molecular weight excluding hydrogens is 187 g/mol. The summed E-state index contributed by atoms with van der Waals surface area (Å²) in [5.74, 6) is -0.242. The third-order valence-corrected chi connectivity index (χ3v) is 2.34. The lowest BCUT2D eigenvalue weighted by molar-refractivity contribution is 0.628. The zero-order valence-corrected chi connectivity index (χ0v) is 7.81. The van der Waals surface area contributed by atoms with Gasteiger partial charge in [0.1, 0.15) is 11.5 Å². The summed E-state index contributed by atoms with van der Waals surface area (Å²) < 4.78 is 16.6. The molecule has 0 saturated carbocycles. The predicted molar refractivity (Wildman–Crippen MR) is 50.0 cm³/mol. The van der Waals surface area contributed by atoms with Gasteiger partial charge in [-0.15, -0.1) is 5.10 Å². The molecule has 1 aromatic heterocycles. The van der Waals surface area contributed by atoms with E-state index in [0.29, 0.717) is 0 Å². The van der Waals surface area contributed by atoms with Gasteiger partial charge in [0.25, 0.3) is 0 Å². The van der Waals surface area contributed by atoms with E-state index in [1.807, 2.05) is 12.3 Å². The van der Waals surface area contributed by atoms with E-state index in [9.17, 15) is 4.39 Å². The fourth-order valence-corrected chi connectivity index (χ4v) is 1.61. The summed E-state index contributed by atoms with van der Waals surface area (Å²) in [7, 11) is 0. The molecule has 1 heterocycles. The van der Waals surface area contributed by atoms with Gasteiger partial charge in [-0.1, -0.05) is 10.6 Å². The molecule has 2 aromatic rings. The molecule has 2 nitrogen and oxygen atoms in total. The lowest BCUT2D eigenvalue weighted by Gasteiger charge is -2.00. The van der Waals surface area contributed by atoms with Gasteiger partial charge in [0.05, 0.1) is 0 Å². The molecule has 1 aromatic carbocycles. The maximum absolute atomic E-state index is 12.9. The van der Waals surface area contributed by atoms with Crippen LogP contribution in [-0.2, 0) is 0 Å². The van der Waals surface area contributed by atoms with Crippen LogP contribution in [0.5, 0.6) is 0 Å². The molecule has 0 atom stereocenters. The van der Waals surface area contributed by atoms with E-state index < -0.39 is 0 Å². The average molecular weight is 194 g/mol. The minimum atomic E-state index is -0.242. The fraction of sp³-hybridized carbons (Fsp3) is 0.111. The van der Waals surface area contributed by atoms with Crippen LogP contribution >= 0.6 is 11.5 Å². The third-order valence-electron chi connectivity index (χ3n) is 1.84. The van der Waals surface area contributed by atoms with Gasteiger partial charge in [-0.05, 0) is 36.2 Å². The summed E-state index contributed by atoms with van der Waals surface area (Å²) in [5, 5.41) is 5.70. The van der Waals surface area contributed by atoms with E-state index in [0.717, 1.165) is 16.8 Å². The maximum atomic E-state index is 12.9. The molecule has 66 valence electrons. The lowest BCUT2D eigenvalue weighted by atomic mass is 10.1. The van der Waals surface area contributed by atoms with Crippen molar-refractivity contribution in [2.75, 3.05) is 0 Å². The second kappa shape index (κ2) is 3.22. The van der Waals surface area contributed by atoms with Crippen LogP contribution < -0.4 is 0 Å². The van der Waals surface area contributed by atoms with Gasteiger partial charge < -0.3 is 0 Å². The Morgan fingerprint density at radius 3 is 2.92 bits per heavy atom. The normalized spacial score (nSPS) is 10.3. The van der Waals surface area contributed by atoms with Gasteiger partial charge in [0.15, 0.2) is 0 Å². The number of aromatic nitrogens is 2. The summed E-state index contributed by atoms with van der Waals surface area (Å²) in [6, 6.07) is 4.66. The number of rotatable bonds is 1. The van der Waals surface area contributed by atoms with Crippen LogP contribution in [-0.4, -0.2) is 9.59 Å². The molecule has 0 radical (unpaired) electrons. The Hall–Kier alpha value is -1.29. The van der Waals surface area contributed by atoms with E-state index in [2.05, 4.69) is 9.59 Å². The van der Waals surface area contributed by atoms with Gasteiger partial charge in [0.2, 0.25) is 0 Å². The van der Waals surface area contributed by atoms with Crippen LogP contribution in [0.3, 0.4) is 0 Å². The van der Waals surface area contributed by atoms with Crippen molar-refractivity contribution in [2.24, 2.45) is 0 Å². The summed E-state index contributed by atoms with van der Waals surface area (Å²) in [6.07, 6.45) is 0. The van der Waals surface area contributed by atoms with Crippen molar-refractivity contribution >= 4 is 11.5 Å². The van der Waals surface area contributed by atoms with Crippen molar-refractivity contribution in [3.63, 3.8) is 0 Å². The summed E-state index contributed by atoms with van der Waals surface area (Å²) in [4.78, 5) is 0. The first kappa shape index (κ1) is 8.31. The van der Waals surface area contributed by atoms with Crippen molar-refractivity contribution in [1.29, 1.82) is 0 Å². The second-order valence-electron chi connectivity index (χ2n) is 2.75. The van der Waals surface area contributed by atoms with Gasteiger partial charge in [0, 0.05) is 10.9 Å². The topological polar surface area (TPSA) is 25.8 Å². The highest BCUT2D eigenvalue weighted by molar-refractivity contribution is 7.03. The number of halogens is 1. The minimum absolute atomic E-state index is 0.242. The molecule has 4 heteroatoms. The maximum Gasteiger partial charge on any atom is 0.123 e. The van der Waals surface area contributed by atoms with Crippen LogP contribution in [0.4, 0.5) is 4.39 Å². The zero-order valence-electron chi connectivity index (χ0n) is 6.99. The number of benzene rings is 1. The molecular formula is C9H7FN2S. The second-order valence-corrected chi connectivity index (χ2v) is 3.36. The molecule has 0 aliphatic carbocycles. The summed E-state index contributed by atoms with van der Waals surface area (Å²) in [5.41, 5.74) is 2.56. The molecule has 0 N–H and O–H groups in total. The summed E-state index contributed by atoms with van der Waals surface area (Å²) >= 11 is 1.27. The van der Waals surface area contributed by atoms with E-state index in [4.69, 9.17) is 0 Å². The number of hydrogen-bond acceptors (Lipinski definition) is 3. The first-order valence-electron chi connectivity index (χ1n) is 3.81. The Labute approximate surface area is 79.2 Å². The fourth-order valence-electron chi connectivity index (χ4n) is 1.15.